The molecule has 0 aliphatic rings. The Morgan fingerprint density at radius 2 is 1.76 bits per heavy atom. The first-order valence-corrected chi connectivity index (χ1v) is 5.56. The Labute approximate surface area is 102 Å². The molecule has 100 valence electrons. The van der Waals surface area contributed by atoms with Crippen molar-refractivity contribution >= 4 is 11.8 Å². The molecule has 0 rings (SSSR count). The van der Waals surface area contributed by atoms with Crippen LogP contribution in [0.2, 0.25) is 0 Å². The van der Waals surface area contributed by atoms with E-state index in [-0.39, 0.29) is 12.2 Å². The van der Waals surface area contributed by atoms with Gasteiger partial charge in [-0.1, -0.05) is 0 Å². The average molecular weight is 246 g/mol. The lowest BCUT2D eigenvalue weighted by atomic mass is 10.1. The zero-order valence-corrected chi connectivity index (χ0v) is 11.2. The molecule has 0 radical (unpaired) electrons. The van der Waals surface area contributed by atoms with Crippen LogP contribution in [0.4, 0.5) is 0 Å². The maximum Gasteiger partial charge on any atom is 0.313 e. The van der Waals surface area contributed by atoms with Crippen molar-refractivity contribution in [3.05, 3.63) is 0 Å². The number of Topliss-reactive ketones (excluding diaryl/α,β-unsaturated/α-hetero) is 1. The van der Waals surface area contributed by atoms with Gasteiger partial charge in [-0.2, -0.15) is 0 Å². The van der Waals surface area contributed by atoms with Crippen molar-refractivity contribution in [2.24, 2.45) is 0 Å². The van der Waals surface area contributed by atoms with Crippen LogP contribution in [-0.4, -0.2) is 44.3 Å². The van der Waals surface area contributed by atoms with Crippen molar-refractivity contribution in [3.8, 4) is 0 Å². The van der Waals surface area contributed by atoms with Crippen LogP contribution in [0.3, 0.4) is 0 Å². The van der Waals surface area contributed by atoms with Crippen LogP contribution in [0.25, 0.3) is 0 Å². The number of carbonyl (C=O) groups excluding carboxylic acids is 2. The molecule has 0 aromatic carbocycles. The standard InChI is InChI=1S/C12H22O5/c1-12(2,3)17-11(14)8-9(13)10(16-5)6-7-15-4/h10H,6-8H2,1-5H3/t10-/m1/s1. The van der Waals surface area contributed by atoms with E-state index in [0.717, 1.165) is 0 Å². The van der Waals surface area contributed by atoms with Crippen molar-refractivity contribution in [3.63, 3.8) is 0 Å². The minimum absolute atomic E-state index is 0.264. The third-order valence-electron chi connectivity index (χ3n) is 1.97. The van der Waals surface area contributed by atoms with Gasteiger partial charge in [0.15, 0.2) is 5.78 Å². The van der Waals surface area contributed by atoms with Crippen LogP contribution in [0.15, 0.2) is 0 Å². The Balaban J connectivity index is 4.17. The molecule has 0 aromatic rings. The van der Waals surface area contributed by atoms with Gasteiger partial charge in [0.1, 0.15) is 18.1 Å². The number of ether oxygens (including phenoxy) is 3. The number of methoxy groups -OCH3 is 2. The fourth-order valence-corrected chi connectivity index (χ4v) is 1.27. The lowest BCUT2D eigenvalue weighted by Crippen LogP contribution is -2.30. The second kappa shape index (κ2) is 7.40. The first kappa shape index (κ1) is 16.1. The van der Waals surface area contributed by atoms with Gasteiger partial charge in [-0.15, -0.1) is 0 Å². The molecule has 5 nitrogen and oxygen atoms in total. The molecule has 1 atom stereocenters. The van der Waals surface area contributed by atoms with Gasteiger partial charge in [-0.05, 0) is 20.8 Å². The maximum atomic E-state index is 11.7. The molecule has 0 saturated carbocycles. The second-order valence-corrected chi connectivity index (χ2v) is 4.74. The van der Waals surface area contributed by atoms with Crippen LogP contribution in [0.5, 0.6) is 0 Å². The van der Waals surface area contributed by atoms with Gasteiger partial charge in [0.2, 0.25) is 0 Å². The van der Waals surface area contributed by atoms with E-state index in [0.29, 0.717) is 13.0 Å². The molecule has 5 heteroatoms. The van der Waals surface area contributed by atoms with Crippen LogP contribution < -0.4 is 0 Å². The Hall–Kier alpha value is -0.940. The third kappa shape index (κ3) is 7.88. The number of esters is 1. The summed E-state index contributed by atoms with van der Waals surface area (Å²) in [4.78, 5) is 23.1. The Morgan fingerprint density at radius 1 is 1.18 bits per heavy atom. The fourth-order valence-electron chi connectivity index (χ4n) is 1.27. The number of rotatable bonds is 7. The van der Waals surface area contributed by atoms with Crippen molar-refractivity contribution in [1.82, 2.24) is 0 Å². The van der Waals surface area contributed by atoms with Crippen molar-refractivity contribution in [2.45, 2.75) is 45.3 Å². The van der Waals surface area contributed by atoms with Crippen molar-refractivity contribution in [2.75, 3.05) is 20.8 Å². The molecule has 0 spiro atoms. The normalized spacial score (nSPS) is 13.2. The highest BCUT2D eigenvalue weighted by Gasteiger charge is 2.24. The smallest absolute Gasteiger partial charge is 0.313 e. The van der Waals surface area contributed by atoms with E-state index in [2.05, 4.69) is 0 Å². The van der Waals surface area contributed by atoms with Gasteiger partial charge in [0, 0.05) is 27.2 Å². The summed E-state index contributed by atoms with van der Waals surface area (Å²) < 4.78 is 14.9. The highest BCUT2D eigenvalue weighted by molar-refractivity contribution is 5.98. The lowest BCUT2D eigenvalue weighted by Gasteiger charge is -2.20. The number of ketones is 1. The van der Waals surface area contributed by atoms with Crippen LogP contribution >= 0.6 is 0 Å². The minimum Gasteiger partial charge on any atom is -0.460 e. The second-order valence-electron chi connectivity index (χ2n) is 4.74. The third-order valence-corrected chi connectivity index (χ3v) is 1.97. The first-order valence-electron chi connectivity index (χ1n) is 5.56. The molecule has 0 fully saturated rings. The van der Waals surface area contributed by atoms with E-state index < -0.39 is 17.7 Å². The van der Waals surface area contributed by atoms with E-state index in [1.54, 1.807) is 27.9 Å². The molecule has 0 N–H and O–H groups in total. The van der Waals surface area contributed by atoms with Gasteiger partial charge in [-0.25, -0.2) is 0 Å². The molecular formula is C12H22O5. The summed E-state index contributed by atoms with van der Waals surface area (Å²) in [5, 5.41) is 0. The molecule has 0 saturated heterocycles. The maximum absolute atomic E-state index is 11.7. The van der Waals surface area contributed by atoms with Gasteiger partial charge >= 0.3 is 5.97 Å². The van der Waals surface area contributed by atoms with Crippen LogP contribution in [0, 0.1) is 0 Å². The van der Waals surface area contributed by atoms with Gasteiger partial charge < -0.3 is 14.2 Å². The van der Waals surface area contributed by atoms with E-state index in [9.17, 15) is 9.59 Å². The van der Waals surface area contributed by atoms with Crippen molar-refractivity contribution in [1.29, 1.82) is 0 Å². The SMILES string of the molecule is COCC[C@@H](OC)C(=O)CC(=O)OC(C)(C)C. The fraction of sp³-hybridized carbons (Fsp3) is 0.833. The number of hydrogen-bond donors (Lipinski definition) is 0. The minimum atomic E-state index is -0.609. The molecular weight excluding hydrogens is 224 g/mol. The molecule has 0 bridgehead atoms. The average Bonchev–Trinajstić information content (AvgIpc) is 2.15. The summed E-state index contributed by atoms with van der Waals surface area (Å²) in [6, 6.07) is 0. The summed E-state index contributed by atoms with van der Waals surface area (Å²) in [7, 11) is 2.98. The summed E-state index contributed by atoms with van der Waals surface area (Å²) in [6.45, 7) is 5.69. The molecule has 0 aliphatic carbocycles. The number of hydrogen-bond acceptors (Lipinski definition) is 5. The summed E-state index contributed by atoms with van der Waals surface area (Å²) >= 11 is 0. The zero-order chi connectivity index (χ0) is 13.5. The van der Waals surface area contributed by atoms with Crippen LogP contribution in [-0.2, 0) is 23.8 Å². The Kier molecular flexibility index (Phi) is 6.99. The zero-order valence-electron chi connectivity index (χ0n) is 11.2. The Bertz CT molecular complexity index is 254. The predicted molar refractivity (Wildman–Crippen MR) is 62.8 cm³/mol. The van der Waals surface area contributed by atoms with E-state index in [1.165, 1.54) is 7.11 Å². The molecule has 17 heavy (non-hydrogen) atoms. The van der Waals surface area contributed by atoms with E-state index in [4.69, 9.17) is 14.2 Å². The molecule has 0 unspecified atom stereocenters. The predicted octanol–water partition coefficient (Wildman–Crippen LogP) is 1.34. The number of carbonyl (C=O) groups is 2. The highest BCUT2D eigenvalue weighted by Crippen LogP contribution is 2.10. The largest absolute Gasteiger partial charge is 0.460 e. The summed E-state index contributed by atoms with van der Waals surface area (Å²) in [6.07, 6.45) is -0.434. The lowest BCUT2D eigenvalue weighted by molar-refractivity contribution is -0.157. The molecule has 0 aliphatic heterocycles. The monoisotopic (exact) mass is 246 g/mol. The Morgan fingerprint density at radius 3 is 2.18 bits per heavy atom. The first-order chi connectivity index (χ1) is 7.80. The van der Waals surface area contributed by atoms with Gasteiger partial charge in [0.05, 0.1) is 0 Å². The highest BCUT2D eigenvalue weighted by atomic mass is 16.6. The summed E-state index contributed by atoms with van der Waals surface area (Å²) in [5.41, 5.74) is -0.577. The van der Waals surface area contributed by atoms with Gasteiger partial charge in [0.25, 0.3) is 0 Å². The van der Waals surface area contributed by atoms with E-state index in [1.807, 2.05) is 0 Å². The molecule has 0 amide bonds. The van der Waals surface area contributed by atoms with E-state index >= 15 is 0 Å². The quantitative estimate of drug-likeness (QED) is 0.501. The van der Waals surface area contributed by atoms with Crippen LogP contribution in [0.1, 0.15) is 33.6 Å². The summed E-state index contributed by atoms with van der Waals surface area (Å²) in [5.74, 6) is -0.805. The molecule has 0 aromatic heterocycles. The topological polar surface area (TPSA) is 61.8 Å². The molecule has 0 heterocycles. The van der Waals surface area contributed by atoms with Gasteiger partial charge in [-0.3, -0.25) is 9.59 Å². The van der Waals surface area contributed by atoms with Crippen molar-refractivity contribution < 1.29 is 23.8 Å².